The van der Waals surface area contributed by atoms with Crippen molar-refractivity contribution in [2.24, 2.45) is 0 Å². The van der Waals surface area contributed by atoms with E-state index >= 15 is 0 Å². The molecule has 0 radical (unpaired) electrons. The maximum atomic E-state index is 5.85. The number of nitrogens with two attached hydrogens (primary N) is 1. The van der Waals surface area contributed by atoms with Gasteiger partial charge in [0.25, 0.3) is 0 Å². The third-order valence-corrected chi connectivity index (χ3v) is 3.07. The summed E-state index contributed by atoms with van der Waals surface area (Å²) in [5.74, 6) is 1.56. The molecule has 0 fully saturated rings. The van der Waals surface area contributed by atoms with E-state index in [1.807, 2.05) is 48.0 Å². The molecule has 0 aliphatic heterocycles. The number of nitrogen functional groups attached to an aromatic ring is 1. The van der Waals surface area contributed by atoms with Crippen LogP contribution in [0, 0.1) is 0 Å². The van der Waals surface area contributed by atoms with Gasteiger partial charge in [-0.3, -0.25) is 9.55 Å². The molecular formula is C16H16N4O. The third-order valence-electron chi connectivity index (χ3n) is 3.07. The monoisotopic (exact) mass is 280 g/mol. The zero-order valence-corrected chi connectivity index (χ0v) is 11.7. The second-order valence-electron chi connectivity index (χ2n) is 4.56. The molecule has 2 heterocycles. The first-order valence-electron chi connectivity index (χ1n) is 6.75. The summed E-state index contributed by atoms with van der Waals surface area (Å²) in [7, 11) is 0. The van der Waals surface area contributed by atoms with Gasteiger partial charge in [0.05, 0.1) is 24.7 Å². The average Bonchev–Trinajstić information content (AvgIpc) is 2.97. The molecule has 0 saturated heterocycles. The van der Waals surface area contributed by atoms with Crippen LogP contribution in [-0.2, 0) is 0 Å². The van der Waals surface area contributed by atoms with E-state index in [9.17, 15) is 0 Å². The summed E-state index contributed by atoms with van der Waals surface area (Å²) in [6, 6.07) is 9.59. The summed E-state index contributed by atoms with van der Waals surface area (Å²) in [5.41, 5.74) is 8.42. The zero-order chi connectivity index (χ0) is 14.7. The van der Waals surface area contributed by atoms with E-state index in [1.54, 1.807) is 18.6 Å². The smallest absolute Gasteiger partial charge is 0.144 e. The van der Waals surface area contributed by atoms with Crippen molar-refractivity contribution in [1.29, 1.82) is 0 Å². The topological polar surface area (TPSA) is 66.0 Å². The molecule has 3 rings (SSSR count). The molecule has 2 aromatic heterocycles. The highest BCUT2D eigenvalue weighted by Gasteiger charge is 2.09. The molecular weight excluding hydrogens is 264 g/mol. The summed E-state index contributed by atoms with van der Waals surface area (Å²) in [6.45, 7) is 2.55. The normalized spacial score (nSPS) is 10.5. The van der Waals surface area contributed by atoms with Crippen LogP contribution in [0.2, 0.25) is 0 Å². The summed E-state index contributed by atoms with van der Waals surface area (Å²) in [6.07, 6.45) is 7.13. The standard InChI is InChI=1S/C16H16N4O/c1-2-21-15-9-14(10-18-11-15)20-7-6-19-16(20)12-4-3-5-13(17)8-12/h3-11H,2,17H2,1H3. The summed E-state index contributed by atoms with van der Waals surface area (Å²) < 4.78 is 7.46. The minimum atomic E-state index is 0.608. The molecule has 0 aliphatic carbocycles. The van der Waals surface area contributed by atoms with Crippen molar-refractivity contribution in [3.05, 3.63) is 55.1 Å². The lowest BCUT2D eigenvalue weighted by molar-refractivity contribution is 0.339. The number of aromatic nitrogens is 3. The van der Waals surface area contributed by atoms with Gasteiger partial charge >= 0.3 is 0 Å². The van der Waals surface area contributed by atoms with Crippen LogP contribution in [0.25, 0.3) is 17.1 Å². The number of anilines is 1. The van der Waals surface area contributed by atoms with Crippen molar-refractivity contribution < 1.29 is 4.74 Å². The Balaban J connectivity index is 2.05. The summed E-state index contributed by atoms with van der Waals surface area (Å²) >= 11 is 0. The molecule has 0 saturated carbocycles. The van der Waals surface area contributed by atoms with Crippen LogP contribution >= 0.6 is 0 Å². The fourth-order valence-electron chi connectivity index (χ4n) is 2.19. The van der Waals surface area contributed by atoms with Gasteiger partial charge in [0.15, 0.2) is 0 Å². The van der Waals surface area contributed by atoms with Gasteiger partial charge in [-0.2, -0.15) is 0 Å². The minimum absolute atomic E-state index is 0.608. The molecule has 0 bridgehead atoms. The molecule has 5 nitrogen and oxygen atoms in total. The Labute approximate surface area is 123 Å². The Morgan fingerprint density at radius 2 is 2.14 bits per heavy atom. The van der Waals surface area contributed by atoms with E-state index in [-0.39, 0.29) is 0 Å². The van der Waals surface area contributed by atoms with Crippen LogP contribution in [0.1, 0.15) is 6.92 Å². The van der Waals surface area contributed by atoms with Crippen molar-refractivity contribution in [1.82, 2.24) is 14.5 Å². The van der Waals surface area contributed by atoms with Crippen LogP contribution in [-0.4, -0.2) is 21.1 Å². The van der Waals surface area contributed by atoms with E-state index in [0.717, 1.165) is 22.8 Å². The molecule has 21 heavy (non-hydrogen) atoms. The first kappa shape index (κ1) is 13.2. The highest BCUT2D eigenvalue weighted by molar-refractivity contribution is 5.63. The van der Waals surface area contributed by atoms with Crippen molar-refractivity contribution in [2.75, 3.05) is 12.3 Å². The second-order valence-corrected chi connectivity index (χ2v) is 4.56. The van der Waals surface area contributed by atoms with Gasteiger partial charge < -0.3 is 10.5 Å². The van der Waals surface area contributed by atoms with E-state index in [1.165, 1.54) is 0 Å². The Hall–Kier alpha value is -2.82. The fraction of sp³-hybridized carbons (Fsp3) is 0.125. The Kier molecular flexibility index (Phi) is 3.55. The number of pyridine rings is 1. The summed E-state index contributed by atoms with van der Waals surface area (Å²) in [5, 5.41) is 0. The largest absolute Gasteiger partial charge is 0.492 e. The minimum Gasteiger partial charge on any atom is -0.492 e. The van der Waals surface area contributed by atoms with E-state index in [4.69, 9.17) is 10.5 Å². The molecule has 5 heteroatoms. The lowest BCUT2D eigenvalue weighted by Gasteiger charge is -2.10. The van der Waals surface area contributed by atoms with Crippen molar-refractivity contribution in [2.45, 2.75) is 6.92 Å². The third kappa shape index (κ3) is 2.72. The van der Waals surface area contributed by atoms with Crippen molar-refractivity contribution >= 4 is 5.69 Å². The average molecular weight is 280 g/mol. The number of benzene rings is 1. The predicted octanol–water partition coefficient (Wildman–Crippen LogP) is 2.92. The molecule has 0 amide bonds. The molecule has 0 atom stereocenters. The first-order chi connectivity index (χ1) is 10.3. The van der Waals surface area contributed by atoms with Gasteiger partial charge in [-0.1, -0.05) is 12.1 Å². The van der Waals surface area contributed by atoms with Gasteiger partial charge in [0.1, 0.15) is 11.6 Å². The van der Waals surface area contributed by atoms with Gasteiger partial charge in [-0.15, -0.1) is 0 Å². The van der Waals surface area contributed by atoms with Gasteiger partial charge in [-0.05, 0) is 19.1 Å². The second kappa shape index (κ2) is 5.66. The van der Waals surface area contributed by atoms with Crippen LogP contribution < -0.4 is 10.5 Å². The Morgan fingerprint density at radius 1 is 1.24 bits per heavy atom. The SMILES string of the molecule is CCOc1cncc(-n2ccnc2-c2cccc(N)c2)c1. The van der Waals surface area contributed by atoms with Gasteiger partial charge in [-0.25, -0.2) is 4.98 Å². The number of hydrogen-bond acceptors (Lipinski definition) is 4. The van der Waals surface area contributed by atoms with Gasteiger partial charge in [0.2, 0.25) is 0 Å². The number of hydrogen-bond donors (Lipinski definition) is 1. The Bertz CT molecular complexity index is 751. The van der Waals surface area contributed by atoms with E-state index in [0.29, 0.717) is 12.3 Å². The molecule has 106 valence electrons. The maximum Gasteiger partial charge on any atom is 0.144 e. The predicted molar refractivity (Wildman–Crippen MR) is 82.4 cm³/mol. The van der Waals surface area contributed by atoms with E-state index < -0.39 is 0 Å². The first-order valence-corrected chi connectivity index (χ1v) is 6.75. The molecule has 0 aliphatic rings. The highest BCUT2D eigenvalue weighted by atomic mass is 16.5. The van der Waals surface area contributed by atoms with Crippen LogP contribution in [0.5, 0.6) is 5.75 Å². The number of rotatable bonds is 4. The van der Waals surface area contributed by atoms with Crippen LogP contribution in [0.4, 0.5) is 5.69 Å². The van der Waals surface area contributed by atoms with Crippen LogP contribution in [0.15, 0.2) is 55.1 Å². The lowest BCUT2D eigenvalue weighted by Crippen LogP contribution is -1.99. The van der Waals surface area contributed by atoms with Crippen molar-refractivity contribution in [3.8, 4) is 22.8 Å². The maximum absolute atomic E-state index is 5.85. The number of ether oxygens (including phenoxy) is 1. The molecule has 2 N–H and O–H groups in total. The molecule has 1 aromatic carbocycles. The van der Waals surface area contributed by atoms with Gasteiger partial charge in [0, 0.05) is 29.7 Å². The highest BCUT2D eigenvalue weighted by Crippen LogP contribution is 2.24. The molecule has 0 spiro atoms. The number of nitrogens with zero attached hydrogens (tertiary/aromatic N) is 3. The van der Waals surface area contributed by atoms with Crippen LogP contribution in [0.3, 0.4) is 0 Å². The molecule has 0 unspecified atom stereocenters. The zero-order valence-electron chi connectivity index (χ0n) is 11.7. The lowest BCUT2D eigenvalue weighted by atomic mass is 10.2. The fourth-order valence-corrected chi connectivity index (χ4v) is 2.19. The quantitative estimate of drug-likeness (QED) is 0.746. The molecule has 3 aromatic rings. The Morgan fingerprint density at radius 3 is 2.95 bits per heavy atom. The van der Waals surface area contributed by atoms with E-state index in [2.05, 4.69) is 9.97 Å². The van der Waals surface area contributed by atoms with Crippen molar-refractivity contribution in [3.63, 3.8) is 0 Å². The summed E-state index contributed by atoms with van der Waals surface area (Å²) in [4.78, 5) is 8.63. The number of imidazole rings is 1.